The Labute approximate surface area is 123 Å². The van der Waals surface area contributed by atoms with Gasteiger partial charge in [0.05, 0.1) is 0 Å². The van der Waals surface area contributed by atoms with E-state index < -0.39 is 0 Å². The molecule has 0 heterocycles. The summed E-state index contributed by atoms with van der Waals surface area (Å²) < 4.78 is 0. The Morgan fingerprint density at radius 3 is 2.15 bits per heavy atom. The highest BCUT2D eigenvalue weighted by molar-refractivity contribution is 5.71. The van der Waals surface area contributed by atoms with Crippen LogP contribution in [-0.2, 0) is 6.42 Å². The van der Waals surface area contributed by atoms with Crippen molar-refractivity contribution >= 4 is 0 Å². The molecule has 0 saturated carbocycles. The van der Waals surface area contributed by atoms with Crippen LogP contribution in [0.5, 0.6) is 0 Å². The minimum Gasteiger partial charge on any atom is -0.0648 e. The van der Waals surface area contributed by atoms with Gasteiger partial charge < -0.3 is 0 Å². The molecule has 2 rings (SSSR count). The molecule has 20 heavy (non-hydrogen) atoms. The highest BCUT2D eigenvalue weighted by atomic mass is 14.2. The molecule has 0 radical (unpaired) electrons. The molecule has 0 heteroatoms. The van der Waals surface area contributed by atoms with Gasteiger partial charge in [-0.15, -0.1) is 0 Å². The van der Waals surface area contributed by atoms with Gasteiger partial charge in [-0.05, 0) is 46.9 Å². The van der Waals surface area contributed by atoms with Gasteiger partial charge in [-0.1, -0.05) is 76.2 Å². The van der Waals surface area contributed by atoms with E-state index in [1.807, 2.05) is 0 Å². The molecule has 0 aliphatic carbocycles. The third kappa shape index (κ3) is 3.30. The summed E-state index contributed by atoms with van der Waals surface area (Å²) in [5.41, 5.74) is 5.82. The van der Waals surface area contributed by atoms with E-state index in [4.69, 9.17) is 0 Å². The Balaban J connectivity index is 2.59. The lowest BCUT2D eigenvalue weighted by molar-refractivity contribution is 0.646. The molecule has 0 amide bonds. The summed E-state index contributed by atoms with van der Waals surface area (Å²) in [5, 5.41) is 0. The van der Waals surface area contributed by atoms with Crippen LogP contribution in [0, 0.1) is 5.92 Å². The SMILES string of the molecule is CCC(C)c1cccc(CC(C)C)c1-c1ccccc1. The molecule has 0 N–H and O–H groups in total. The summed E-state index contributed by atoms with van der Waals surface area (Å²) in [4.78, 5) is 0. The zero-order valence-electron chi connectivity index (χ0n) is 13.2. The number of rotatable bonds is 5. The molecule has 0 aliphatic rings. The average Bonchev–Trinajstić information content (AvgIpc) is 2.46. The lowest BCUT2D eigenvalue weighted by Gasteiger charge is -2.20. The van der Waals surface area contributed by atoms with E-state index in [0.717, 1.165) is 6.42 Å². The fraction of sp³-hybridized carbons (Fsp3) is 0.400. The highest BCUT2D eigenvalue weighted by Crippen LogP contribution is 2.34. The van der Waals surface area contributed by atoms with Crippen molar-refractivity contribution < 1.29 is 0 Å². The Morgan fingerprint density at radius 2 is 1.55 bits per heavy atom. The van der Waals surface area contributed by atoms with Gasteiger partial charge >= 0.3 is 0 Å². The molecule has 0 spiro atoms. The summed E-state index contributed by atoms with van der Waals surface area (Å²) in [6, 6.07) is 17.7. The number of hydrogen-bond acceptors (Lipinski definition) is 0. The van der Waals surface area contributed by atoms with Gasteiger partial charge in [0.15, 0.2) is 0 Å². The predicted octanol–water partition coefficient (Wildman–Crippen LogP) is 6.07. The number of hydrogen-bond donors (Lipinski definition) is 0. The molecule has 0 saturated heterocycles. The van der Waals surface area contributed by atoms with E-state index in [2.05, 4.69) is 76.2 Å². The second-order valence-corrected chi connectivity index (χ2v) is 6.15. The minimum atomic E-state index is 0.609. The first kappa shape index (κ1) is 14.8. The predicted molar refractivity (Wildman–Crippen MR) is 89.1 cm³/mol. The number of benzene rings is 2. The van der Waals surface area contributed by atoms with Crippen molar-refractivity contribution in [3.05, 3.63) is 59.7 Å². The second-order valence-electron chi connectivity index (χ2n) is 6.15. The Hall–Kier alpha value is -1.56. The van der Waals surface area contributed by atoms with Crippen molar-refractivity contribution in [1.29, 1.82) is 0 Å². The fourth-order valence-corrected chi connectivity index (χ4v) is 2.82. The third-order valence-corrected chi connectivity index (χ3v) is 4.02. The first-order valence-electron chi connectivity index (χ1n) is 7.80. The van der Waals surface area contributed by atoms with Crippen molar-refractivity contribution in [3.63, 3.8) is 0 Å². The normalized spacial score (nSPS) is 12.7. The summed E-state index contributed by atoms with van der Waals surface area (Å²) in [6.45, 7) is 9.20. The molecule has 0 bridgehead atoms. The van der Waals surface area contributed by atoms with Gasteiger partial charge in [0.1, 0.15) is 0 Å². The van der Waals surface area contributed by atoms with Gasteiger partial charge in [-0.3, -0.25) is 0 Å². The van der Waals surface area contributed by atoms with Crippen LogP contribution in [0.25, 0.3) is 11.1 Å². The molecule has 1 unspecified atom stereocenters. The van der Waals surface area contributed by atoms with Crippen LogP contribution in [0.15, 0.2) is 48.5 Å². The largest absolute Gasteiger partial charge is 0.0648 e. The monoisotopic (exact) mass is 266 g/mol. The van der Waals surface area contributed by atoms with Gasteiger partial charge in [0, 0.05) is 0 Å². The lowest BCUT2D eigenvalue weighted by Crippen LogP contribution is -2.02. The van der Waals surface area contributed by atoms with E-state index in [0.29, 0.717) is 11.8 Å². The molecule has 0 aliphatic heterocycles. The quantitative estimate of drug-likeness (QED) is 0.616. The van der Waals surface area contributed by atoms with Crippen LogP contribution in [0.4, 0.5) is 0 Å². The zero-order chi connectivity index (χ0) is 14.5. The standard InChI is InChI=1S/C20H26/c1-5-16(4)19-13-9-12-18(14-15(2)3)20(19)17-10-7-6-8-11-17/h6-13,15-16H,5,14H2,1-4H3. The van der Waals surface area contributed by atoms with Crippen LogP contribution >= 0.6 is 0 Å². The summed E-state index contributed by atoms with van der Waals surface area (Å²) >= 11 is 0. The van der Waals surface area contributed by atoms with Crippen LogP contribution in [0.1, 0.15) is 51.2 Å². The molecule has 2 aromatic rings. The Morgan fingerprint density at radius 1 is 0.850 bits per heavy atom. The molecule has 2 aromatic carbocycles. The molecule has 1 atom stereocenters. The van der Waals surface area contributed by atoms with Crippen molar-refractivity contribution in [2.24, 2.45) is 5.92 Å². The van der Waals surface area contributed by atoms with Crippen LogP contribution in [-0.4, -0.2) is 0 Å². The topological polar surface area (TPSA) is 0 Å². The van der Waals surface area contributed by atoms with Gasteiger partial charge in [-0.2, -0.15) is 0 Å². The van der Waals surface area contributed by atoms with E-state index in [9.17, 15) is 0 Å². The molecule has 106 valence electrons. The van der Waals surface area contributed by atoms with E-state index in [1.54, 1.807) is 0 Å². The lowest BCUT2D eigenvalue weighted by atomic mass is 9.85. The zero-order valence-corrected chi connectivity index (χ0v) is 13.2. The highest BCUT2D eigenvalue weighted by Gasteiger charge is 2.15. The maximum atomic E-state index is 2.33. The first-order chi connectivity index (χ1) is 9.63. The fourth-order valence-electron chi connectivity index (χ4n) is 2.82. The first-order valence-corrected chi connectivity index (χ1v) is 7.80. The van der Waals surface area contributed by atoms with E-state index in [1.165, 1.54) is 28.7 Å². The molecule has 0 aromatic heterocycles. The molecule has 0 nitrogen and oxygen atoms in total. The summed E-state index contributed by atoms with van der Waals surface area (Å²) in [5.74, 6) is 1.29. The summed E-state index contributed by atoms with van der Waals surface area (Å²) in [7, 11) is 0. The molecular formula is C20H26. The van der Waals surface area contributed by atoms with Gasteiger partial charge in [-0.25, -0.2) is 0 Å². The van der Waals surface area contributed by atoms with Crippen molar-refractivity contribution in [2.75, 3.05) is 0 Å². The minimum absolute atomic E-state index is 0.609. The van der Waals surface area contributed by atoms with Crippen LogP contribution < -0.4 is 0 Å². The van der Waals surface area contributed by atoms with Crippen molar-refractivity contribution in [3.8, 4) is 11.1 Å². The van der Waals surface area contributed by atoms with Crippen LogP contribution in [0.2, 0.25) is 0 Å². The maximum absolute atomic E-state index is 2.33. The second kappa shape index (κ2) is 6.74. The smallest absolute Gasteiger partial charge is 0.0117 e. The van der Waals surface area contributed by atoms with Crippen LogP contribution in [0.3, 0.4) is 0 Å². The molecular weight excluding hydrogens is 240 g/mol. The third-order valence-electron chi connectivity index (χ3n) is 4.02. The van der Waals surface area contributed by atoms with Gasteiger partial charge in [0.2, 0.25) is 0 Å². The van der Waals surface area contributed by atoms with Crippen molar-refractivity contribution in [1.82, 2.24) is 0 Å². The summed E-state index contributed by atoms with van der Waals surface area (Å²) in [6.07, 6.45) is 2.33. The van der Waals surface area contributed by atoms with Gasteiger partial charge in [0.25, 0.3) is 0 Å². The van der Waals surface area contributed by atoms with E-state index in [-0.39, 0.29) is 0 Å². The van der Waals surface area contributed by atoms with E-state index >= 15 is 0 Å². The molecule has 0 fully saturated rings. The van der Waals surface area contributed by atoms with Crippen molar-refractivity contribution in [2.45, 2.75) is 46.5 Å². The Bertz CT molecular complexity index is 537. The maximum Gasteiger partial charge on any atom is -0.0117 e. The average molecular weight is 266 g/mol. The Kier molecular flexibility index (Phi) is 5.00.